The molecule has 0 N–H and O–H groups in total. The Balaban J connectivity index is 2.27. The van der Waals surface area contributed by atoms with Crippen LogP contribution in [0, 0.1) is 5.92 Å². The lowest BCUT2D eigenvalue weighted by molar-refractivity contribution is -0.248. The maximum atomic E-state index is 11.0. The highest BCUT2D eigenvalue weighted by molar-refractivity contribution is 5.85. The third-order valence-corrected chi connectivity index (χ3v) is 1.17. The van der Waals surface area contributed by atoms with Crippen LogP contribution >= 0.6 is 0 Å². The van der Waals surface area contributed by atoms with Crippen LogP contribution in [0.2, 0.25) is 0 Å². The maximum Gasteiger partial charge on any atom is 0.410 e. The van der Waals surface area contributed by atoms with E-state index >= 15 is 0 Å². The highest BCUT2D eigenvalue weighted by Crippen LogP contribution is 2.01. The minimum atomic E-state index is -0.668. The van der Waals surface area contributed by atoms with Gasteiger partial charge in [0.2, 0.25) is 5.76 Å². The zero-order valence-corrected chi connectivity index (χ0v) is 7.52. The summed E-state index contributed by atoms with van der Waals surface area (Å²) in [5.41, 5.74) is 0. The number of nitrogens with zero attached hydrogens (tertiary/aromatic N) is 1. The van der Waals surface area contributed by atoms with Crippen LogP contribution in [0.3, 0.4) is 0 Å². The molecule has 1 heterocycles. The molecule has 0 atom stereocenters. The van der Waals surface area contributed by atoms with Gasteiger partial charge in [0, 0.05) is 6.07 Å². The lowest BCUT2D eigenvalue weighted by Crippen LogP contribution is -2.08. The summed E-state index contributed by atoms with van der Waals surface area (Å²) in [5, 5.41) is 3.36. The molecule has 0 spiro atoms. The largest absolute Gasteiger partial charge is 0.410 e. The molecule has 5 heteroatoms. The predicted octanol–water partition coefficient (Wildman–Crippen LogP) is 1.42. The van der Waals surface area contributed by atoms with E-state index in [2.05, 4.69) is 19.5 Å². The van der Waals surface area contributed by atoms with Gasteiger partial charge in [-0.25, -0.2) is 4.79 Å². The molecule has 1 rings (SSSR count). The lowest BCUT2D eigenvalue weighted by Gasteiger charge is -2.03. The van der Waals surface area contributed by atoms with Gasteiger partial charge in [0.05, 0.1) is 12.8 Å². The molecule has 0 amide bonds. The number of carbonyl (C=O) groups is 1. The van der Waals surface area contributed by atoms with Crippen LogP contribution < -0.4 is 0 Å². The first-order valence-corrected chi connectivity index (χ1v) is 3.94. The van der Waals surface area contributed by atoms with Gasteiger partial charge in [0.15, 0.2) is 0 Å². The Bertz CT molecular complexity index is 255. The van der Waals surface area contributed by atoms with Crippen molar-refractivity contribution in [2.75, 3.05) is 6.61 Å². The molecule has 0 fully saturated rings. The molecule has 0 bridgehead atoms. The van der Waals surface area contributed by atoms with E-state index in [1.165, 1.54) is 12.3 Å². The molecule has 5 nitrogen and oxygen atoms in total. The number of rotatable bonds is 4. The Morgan fingerprint density at radius 3 is 3.00 bits per heavy atom. The zero-order chi connectivity index (χ0) is 9.68. The summed E-state index contributed by atoms with van der Waals surface area (Å²) in [4.78, 5) is 20.1. The van der Waals surface area contributed by atoms with Crippen LogP contribution in [-0.2, 0) is 9.78 Å². The first-order chi connectivity index (χ1) is 6.20. The molecule has 0 aromatic carbocycles. The molecule has 0 saturated carbocycles. The monoisotopic (exact) mass is 185 g/mol. The van der Waals surface area contributed by atoms with Crippen molar-refractivity contribution in [2.45, 2.75) is 13.8 Å². The third-order valence-electron chi connectivity index (χ3n) is 1.17. The number of hydrogen-bond acceptors (Lipinski definition) is 5. The molecule has 0 aliphatic carbocycles. The molecule has 72 valence electrons. The van der Waals surface area contributed by atoms with Crippen molar-refractivity contribution in [3.05, 3.63) is 18.0 Å². The lowest BCUT2D eigenvalue weighted by atomic mass is 10.2. The van der Waals surface area contributed by atoms with Gasteiger partial charge in [-0.05, 0) is 5.92 Å². The van der Waals surface area contributed by atoms with Crippen LogP contribution in [0.5, 0.6) is 0 Å². The number of aromatic nitrogens is 1. The number of carbonyl (C=O) groups excluding carboxylic acids is 1. The van der Waals surface area contributed by atoms with Gasteiger partial charge in [0.1, 0.15) is 0 Å². The fourth-order valence-electron chi connectivity index (χ4n) is 0.586. The molecule has 1 aromatic heterocycles. The second-order valence-corrected chi connectivity index (χ2v) is 2.93. The summed E-state index contributed by atoms with van der Waals surface area (Å²) >= 11 is 0. The van der Waals surface area contributed by atoms with Gasteiger partial charge in [-0.15, -0.1) is 0 Å². The van der Waals surface area contributed by atoms with Crippen molar-refractivity contribution in [3.63, 3.8) is 0 Å². The van der Waals surface area contributed by atoms with E-state index in [9.17, 15) is 4.79 Å². The average Bonchev–Trinajstić information content (AvgIpc) is 2.55. The zero-order valence-electron chi connectivity index (χ0n) is 7.52. The molecular weight excluding hydrogens is 174 g/mol. The van der Waals surface area contributed by atoms with Gasteiger partial charge in [-0.1, -0.05) is 19.0 Å². The van der Waals surface area contributed by atoms with Crippen LogP contribution in [0.15, 0.2) is 16.8 Å². The second-order valence-electron chi connectivity index (χ2n) is 2.93. The Kier molecular flexibility index (Phi) is 3.45. The number of hydrogen-bond donors (Lipinski definition) is 0. The van der Waals surface area contributed by atoms with Crippen LogP contribution in [0.4, 0.5) is 0 Å². The smallest absolute Gasteiger partial charge is 0.349 e. The fourth-order valence-corrected chi connectivity index (χ4v) is 0.586. The third kappa shape index (κ3) is 3.25. The van der Waals surface area contributed by atoms with Crippen molar-refractivity contribution < 1.29 is 19.1 Å². The standard InChI is InChI=1S/C8H11NO4/c1-6(2)5-11-13-8(10)7-3-4-9-12-7/h3-4,6H,5H2,1-2H3. The molecule has 0 radical (unpaired) electrons. The highest BCUT2D eigenvalue weighted by atomic mass is 17.2. The summed E-state index contributed by atoms with van der Waals surface area (Å²) < 4.78 is 4.55. The molecule has 1 aromatic rings. The van der Waals surface area contributed by atoms with Crippen molar-refractivity contribution >= 4 is 5.97 Å². The topological polar surface area (TPSA) is 61.6 Å². The molecule has 0 unspecified atom stereocenters. The van der Waals surface area contributed by atoms with E-state index < -0.39 is 5.97 Å². The van der Waals surface area contributed by atoms with E-state index in [0.29, 0.717) is 12.5 Å². The molecule has 13 heavy (non-hydrogen) atoms. The Hall–Kier alpha value is -1.36. The van der Waals surface area contributed by atoms with Crippen molar-refractivity contribution in [1.29, 1.82) is 0 Å². The Morgan fingerprint density at radius 1 is 1.69 bits per heavy atom. The Labute approximate surface area is 75.5 Å². The van der Waals surface area contributed by atoms with Crippen molar-refractivity contribution in [1.82, 2.24) is 5.16 Å². The van der Waals surface area contributed by atoms with Gasteiger partial charge >= 0.3 is 5.97 Å². The quantitative estimate of drug-likeness (QED) is 0.524. The van der Waals surface area contributed by atoms with Gasteiger partial charge in [0.25, 0.3) is 0 Å². The SMILES string of the molecule is CC(C)COOC(=O)c1ccno1. The first kappa shape index (κ1) is 9.73. The summed E-state index contributed by atoms with van der Waals surface area (Å²) in [7, 11) is 0. The van der Waals surface area contributed by atoms with E-state index in [1.54, 1.807) is 0 Å². The molecule has 0 saturated heterocycles. The molecule has 0 aliphatic rings. The summed E-state index contributed by atoms with van der Waals surface area (Å²) in [6, 6.07) is 1.40. The van der Waals surface area contributed by atoms with Crippen LogP contribution in [-0.4, -0.2) is 17.7 Å². The average molecular weight is 185 g/mol. The predicted molar refractivity (Wildman–Crippen MR) is 42.7 cm³/mol. The molecule has 0 aliphatic heterocycles. The van der Waals surface area contributed by atoms with Crippen LogP contribution in [0.25, 0.3) is 0 Å². The first-order valence-electron chi connectivity index (χ1n) is 3.94. The Morgan fingerprint density at radius 2 is 2.46 bits per heavy atom. The highest BCUT2D eigenvalue weighted by Gasteiger charge is 2.12. The fraction of sp³-hybridized carbons (Fsp3) is 0.500. The van der Waals surface area contributed by atoms with E-state index in [4.69, 9.17) is 0 Å². The minimum Gasteiger partial charge on any atom is -0.349 e. The maximum absolute atomic E-state index is 11.0. The molecular formula is C8H11NO4. The van der Waals surface area contributed by atoms with Crippen molar-refractivity contribution in [2.24, 2.45) is 5.92 Å². The second kappa shape index (κ2) is 4.61. The van der Waals surface area contributed by atoms with Gasteiger partial charge < -0.3 is 4.52 Å². The van der Waals surface area contributed by atoms with E-state index in [0.717, 1.165) is 0 Å². The normalized spacial score (nSPS) is 10.4. The van der Waals surface area contributed by atoms with Gasteiger partial charge in [-0.2, -0.15) is 4.89 Å². The van der Waals surface area contributed by atoms with E-state index in [-0.39, 0.29) is 5.76 Å². The summed E-state index contributed by atoms with van der Waals surface area (Å²) in [6.45, 7) is 4.25. The van der Waals surface area contributed by atoms with E-state index in [1.807, 2.05) is 13.8 Å². The summed E-state index contributed by atoms with van der Waals surface area (Å²) in [6.07, 6.45) is 1.36. The summed E-state index contributed by atoms with van der Waals surface area (Å²) in [5.74, 6) is -0.329. The van der Waals surface area contributed by atoms with Gasteiger partial charge in [-0.3, -0.25) is 4.89 Å². The van der Waals surface area contributed by atoms with Crippen molar-refractivity contribution in [3.8, 4) is 0 Å². The van der Waals surface area contributed by atoms with Crippen LogP contribution in [0.1, 0.15) is 24.4 Å². The minimum absolute atomic E-state index is 0.0313.